The maximum Gasteiger partial charge on any atom is 0.295 e. The summed E-state index contributed by atoms with van der Waals surface area (Å²) >= 11 is 1.46. The molecule has 0 radical (unpaired) electrons. The van der Waals surface area contributed by atoms with Gasteiger partial charge in [0.05, 0.1) is 22.3 Å². The van der Waals surface area contributed by atoms with Gasteiger partial charge in [-0.2, -0.15) is 0 Å². The van der Waals surface area contributed by atoms with Crippen molar-refractivity contribution >= 4 is 23.4 Å². The number of hydrogen-bond acceptors (Lipinski definition) is 4. The zero-order chi connectivity index (χ0) is 23.0. The Bertz CT molecular complexity index is 1190. The highest BCUT2D eigenvalue weighted by Crippen LogP contribution is 2.36. The van der Waals surface area contributed by atoms with Gasteiger partial charge in [-0.15, -0.1) is 0 Å². The molecule has 1 saturated carbocycles. The molecule has 1 unspecified atom stereocenters. The number of carbonyl (C=O) groups excluding carboxylic acids is 1. The van der Waals surface area contributed by atoms with Crippen LogP contribution in [0.2, 0.25) is 0 Å². The van der Waals surface area contributed by atoms with Gasteiger partial charge in [0.15, 0.2) is 5.16 Å². The summed E-state index contributed by atoms with van der Waals surface area (Å²) in [6, 6.07) is 9.89. The van der Waals surface area contributed by atoms with Crippen molar-refractivity contribution in [3.8, 4) is 5.69 Å². The van der Waals surface area contributed by atoms with Crippen LogP contribution in [0, 0.1) is 20.8 Å². The van der Waals surface area contributed by atoms with Gasteiger partial charge in [-0.1, -0.05) is 42.8 Å². The van der Waals surface area contributed by atoms with Crippen LogP contribution in [0.15, 0.2) is 40.3 Å². The summed E-state index contributed by atoms with van der Waals surface area (Å²) in [6.45, 7) is 7.84. The summed E-state index contributed by atoms with van der Waals surface area (Å²) in [5.41, 5.74) is 3.74. The number of aryl methyl sites for hydroxylation is 1. The van der Waals surface area contributed by atoms with Crippen LogP contribution >= 0.6 is 11.8 Å². The van der Waals surface area contributed by atoms with Crippen molar-refractivity contribution in [2.24, 2.45) is 7.05 Å². The van der Waals surface area contributed by atoms with Gasteiger partial charge in [-0.3, -0.25) is 14.3 Å². The Kier molecular flexibility index (Phi) is 6.33. The van der Waals surface area contributed by atoms with E-state index in [0.717, 1.165) is 29.4 Å². The van der Waals surface area contributed by atoms with Crippen molar-refractivity contribution in [3.63, 3.8) is 0 Å². The monoisotopic (exact) mass is 453 g/mol. The molecule has 1 aromatic carbocycles. The van der Waals surface area contributed by atoms with Gasteiger partial charge >= 0.3 is 0 Å². The number of aromatic nitrogens is 4. The van der Waals surface area contributed by atoms with Crippen molar-refractivity contribution in [1.29, 1.82) is 0 Å². The first-order valence-electron chi connectivity index (χ1n) is 11.2. The van der Waals surface area contributed by atoms with Crippen molar-refractivity contribution in [1.82, 2.24) is 18.9 Å². The maximum absolute atomic E-state index is 13.1. The molecule has 0 saturated heterocycles. The van der Waals surface area contributed by atoms with Gasteiger partial charge in [0.25, 0.3) is 5.56 Å². The van der Waals surface area contributed by atoms with E-state index in [1.165, 1.54) is 30.3 Å². The highest BCUT2D eigenvalue weighted by Gasteiger charge is 2.27. The number of rotatable bonds is 6. The zero-order valence-corrected chi connectivity index (χ0v) is 20.2. The molecule has 1 aliphatic carbocycles. The molecule has 1 atom stereocenters. The number of thioether (sulfide) groups is 1. The molecule has 0 spiro atoms. The van der Waals surface area contributed by atoms with Gasteiger partial charge in [-0.25, -0.2) is 9.67 Å². The first kappa shape index (κ1) is 22.5. The second-order valence-electron chi connectivity index (χ2n) is 8.56. The standard InChI is InChI=1S/C24H31N5O2S/c1-15-16(2)28(19-11-9-10-12-19)24(25-15)32-18(4)22(30)26-21-17(3)27(5)29(23(21)31)20-13-7-6-8-14-20/h6-8,13-14,18-19H,9-12H2,1-5H3,(H,26,30). The van der Waals surface area contributed by atoms with Crippen LogP contribution in [0.4, 0.5) is 5.69 Å². The van der Waals surface area contributed by atoms with Gasteiger partial charge < -0.3 is 9.88 Å². The number of nitrogens with one attached hydrogen (secondary N) is 1. The molecular weight excluding hydrogens is 422 g/mol. The number of anilines is 1. The average molecular weight is 454 g/mol. The van der Waals surface area contributed by atoms with Crippen molar-refractivity contribution in [2.45, 2.75) is 69.8 Å². The van der Waals surface area contributed by atoms with E-state index in [4.69, 9.17) is 4.98 Å². The number of amides is 1. The van der Waals surface area contributed by atoms with Crippen LogP contribution in [-0.4, -0.2) is 30.1 Å². The van der Waals surface area contributed by atoms with E-state index < -0.39 is 0 Å². The van der Waals surface area contributed by atoms with Crippen LogP contribution in [0.3, 0.4) is 0 Å². The molecule has 3 aromatic rings. The minimum Gasteiger partial charge on any atom is -0.320 e. The molecule has 0 aliphatic heterocycles. The summed E-state index contributed by atoms with van der Waals surface area (Å²) in [7, 11) is 1.82. The van der Waals surface area contributed by atoms with E-state index in [0.29, 0.717) is 17.4 Å². The van der Waals surface area contributed by atoms with Crippen LogP contribution in [0.5, 0.6) is 0 Å². The number of para-hydroxylation sites is 1. The minimum atomic E-state index is -0.388. The zero-order valence-electron chi connectivity index (χ0n) is 19.4. The normalized spacial score (nSPS) is 15.3. The largest absolute Gasteiger partial charge is 0.320 e. The summed E-state index contributed by atoms with van der Waals surface area (Å²) in [5, 5.41) is 3.39. The van der Waals surface area contributed by atoms with E-state index in [-0.39, 0.29) is 16.7 Å². The Morgan fingerprint density at radius 1 is 1.12 bits per heavy atom. The van der Waals surface area contributed by atoms with E-state index in [1.54, 1.807) is 9.36 Å². The molecule has 1 fully saturated rings. The number of nitrogens with zero attached hydrogens (tertiary/aromatic N) is 4. The number of hydrogen-bond donors (Lipinski definition) is 1. The Hall–Kier alpha value is -2.74. The fourth-order valence-electron chi connectivity index (χ4n) is 4.42. The van der Waals surface area contributed by atoms with E-state index in [9.17, 15) is 9.59 Å². The van der Waals surface area contributed by atoms with Crippen molar-refractivity contribution in [3.05, 3.63) is 57.8 Å². The number of benzene rings is 1. The van der Waals surface area contributed by atoms with Gasteiger partial charge in [-0.05, 0) is 52.7 Å². The molecule has 0 bridgehead atoms. The molecule has 2 heterocycles. The van der Waals surface area contributed by atoms with E-state index in [1.807, 2.05) is 58.2 Å². The minimum absolute atomic E-state index is 0.197. The van der Waals surface area contributed by atoms with Crippen LogP contribution in [0.25, 0.3) is 5.69 Å². The Morgan fingerprint density at radius 2 is 1.78 bits per heavy atom. The lowest BCUT2D eigenvalue weighted by Crippen LogP contribution is -2.27. The molecule has 8 heteroatoms. The number of imidazole rings is 1. The summed E-state index contributed by atoms with van der Waals surface area (Å²) in [6.07, 6.45) is 4.80. The third-order valence-corrected chi connectivity index (χ3v) is 7.56. The summed E-state index contributed by atoms with van der Waals surface area (Å²) in [4.78, 5) is 30.9. The van der Waals surface area contributed by atoms with E-state index in [2.05, 4.69) is 16.8 Å². The molecular formula is C24H31N5O2S. The third kappa shape index (κ3) is 4.03. The molecule has 1 aliphatic rings. The Labute approximate surface area is 192 Å². The average Bonchev–Trinajstić information content (AvgIpc) is 3.44. The molecule has 7 nitrogen and oxygen atoms in total. The lowest BCUT2D eigenvalue weighted by atomic mass is 10.2. The topological polar surface area (TPSA) is 73.8 Å². The van der Waals surface area contributed by atoms with Crippen LogP contribution in [0.1, 0.15) is 55.7 Å². The van der Waals surface area contributed by atoms with Crippen LogP contribution in [-0.2, 0) is 11.8 Å². The van der Waals surface area contributed by atoms with Crippen molar-refractivity contribution < 1.29 is 4.79 Å². The molecule has 4 rings (SSSR count). The molecule has 170 valence electrons. The molecule has 1 amide bonds. The third-order valence-electron chi connectivity index (χ3n) is 6.50. The van der Waals surface area contributed by atoms with Crippen LogP contribution < -0.4 is 10.9 Å². The van der Waals surface area contributed by atoms with Gasteiger partial charge in [0.1, 0.15) is 5.69 Å². The quantitative estimate of drug-likeness (QED) is 0.557. The maximum atomic E-state index is 13.1. The predicted octanol–water partition coefficient (Wildman–Crippen LogP) is 4.53. The second kappa shape index (κ2) is 9.02. The smallest absolute Gasteiger partial charge is 0.295 e. The summed E-state index contributed by atoms with van der Waals surface area (Å²) < 4.78 is 5.65. The lowest BCUT2D eigenvalue weighted by molar-refractivity contribution is -0.115. The molecule has 32 heavy (non-hydrogen) atoms. The first-order valence-corrected chi connectivity index (χ1v) is 12.0. The van der Waals surface area contributed by atoms with Gasteiger partial charge in [0.2, 0.25) is 5.91 Å². The SMILES string of the molecule is Cc1nc(SC(C)C(=O)Nc2c(C)n(C)n(-c3ccccc3)c2=O)n(C2CCCC2)c1C. The lowest BCUT2D eigenvalue weighted by Gasteiger charge is -2.18. The summed E-state index contributed by atoms with van der Waals surface area (Å²) in [5.74, 6) is -0.197. The van der Waals surface area contributed by atoms with E-state index >= 15 is 0 Å². The highest BCUT2D eigenvalue weighted by molar-refractivity contribution is 8.00. The predicted molar refractivity (Wildman–Crippen MR) is 129 cm³/mol. The molecule has 1 N–H and O–H groups in total. The highest BCUT2D eigenvalue weighted by atomic mass is 32.2. The van der Waals surface area contributed by atoms with Gasteiger partial charge in [0, 0.05) is 18.8 Å². The number of carbonyl (C=O) groups is 1. The Balaban J connectivity index is 1.56. The molecule has 2 aromatic heterocycles. The Morgan fingerprint density at radius 3 is 2.44 bits per heavy atom. The first-order chi connectivity index (χ1) is 15.3. The fraction of sp³-hybridized carbons (Fsp3) is 0.458. The fourth-order valence-corrected chi connectivity index (χ4v) is 5.49. The van der Waals surface area contributed by atoms with Crippen molar-refractivity contribution in [2.75, 3.05) is 5.32 Å². The second-order valence-corrected chi connectivity index (χ2v) is 9.87.